The number of hydrogen-bond acceptors (Lipinski definition) is 6. The van der Waals surface area contributed by atoms with Gasteiger partial charge in [0, 0.05) is 12.1 Å². The zero-order valence-electron chi connectivity index (χ0n) is 16.7. The van der Waals surface area contributed by atoms with Crippen molar-refractivity contribution in [2.24, 2.45) is 10.9 Å². The Balaban J connectivity index is 1.39. The molecule has 0 spiro atoms. The Labute approximate surface area is 177 Å². The average molecular weight is 428 g/mol. The van der Waals surface area contributed by atoms with Gasteiger partial charge in [0.15, 0.2) is 0 Å². The van der Waals surface area contributed by atoms with Crippen molar-refractivity contribution >= 4 is 20.1 Å². The maximum Gasteiger partial charge on any atom is 0.389 e. The molecule has 0 aromatic heterocycles. The van der Waals surface area contributed by atoms with Crippen molar-refractivity contribution in [2.75, 3.05) is 0 Å². The van der Waals surface area contributed by atoms with Gasteiger partial charge in [-0.25, -0.2) is 4.99 Å². The molecule has 7 nitrogen and oxygen atoms in total. The van der Waals surface area contributed by atoms with Crippen LogP contribution in [-0.4, -0.2) is 16.8 Å². The molecule has 2 atom stereocenters. The summed E-state index contributed by atoms with van der Waals surface area (Å²) in [6.07, 6.45) is 6.26. The zero-order chi connectivity index (χ0) is 20.8. The smallest absolute Gasteiger partial charge is 0.389 e. The maximum atomic E-state index is 10.8. The van der Waals surface area contributed by atoms with Crippen LogP contribution >= 0.6 is 8.38 Å². The van der Waals surface area contributed by atoms with Gasteiger partial charge in [-0.15, -0.1) is 0 Å². The third kappa shape index (κ3) is 5.35. The van der Waals surface area contributed by atoms with E-state index in [0.29, 0.717) is 25.2 Å². The summed E-state index contributed by atoms with van der Waals surface area (Å²) in [4.78, 5) is 15.2. The van der Waals surface area contributed by atoms with Gasteiger partial charge in [-0.05, 0) is 42.0 Å². The highest BCUT2D eigenvalue weighted by molar-refractivity contribution is 7.49. The van der Waals surface area contributed by atoms with E-state index >= 15 is 0 Å². The van der Waals surface area contributed by atoms with Crippen molar-refractivity contribution < 1.29 is 18.7 Å². The van der Waals surface area contributed by atoms with Crippen LogP contribution in [0.1, 0.15) is 43.2 Å². The first-order valence-electron chi connectivity index (χ1n) is 10.3. The molecule has 0 amide bonds. The summed E-state index contributed by atoms with van der Waals surface area (Å²) >= 11 is 0. The highest BCUT2D eigenvalue weighted by Crippen LogP contribution is 2.55. The molecule has 2 aliphatic rings. The van der Waals surface area contributed by atoms with E-state index in [1.165, 1.54) is 31.4 Å². The van der Waals surface area contributed by atoms with E-state index in [1.807, 2.05) is 30.3 Å². The molecule has 8 heteroatoms. The number of aliphatic imine (C=N–C) groups is 1. The van der Waals surface area contributed by atoms with Crippen LogP contribution in [0.25, 0.3) is 0 Å². The number of nitrogens with zero attached hydrogens (tertiary/aromatic N) is 2. The van der Waals surface area contributed by atoms with Crippen LogP contribution in [0.3, 0.4) is 0 Å². The Morgan fingerprint density at radius 3 is 2.40 bits per heavy atom. The summed E-state index contributed by atoms with van der Waals surface area (Å²) in [7, 11) is -1.26. The number of non-ortho nitro benzene ring substituents is 1. The van der Waals surface area contributed by atoms with Gasteiger partial charge in [0.25, 0.3) is 14.1 Å². The SMILES string of the molecule is O=[N+]([O-])c1ccc(COP2OC(OCc3ccccc3)=NC2C2CCCCC2)cc1. The van der Waals surface area contributed by atoms with Crippen LogP contribution in [0.2, 0.25) is 0 Å². The highest BCUT2D eigenvalue weighted by atomic mass is 31.2. The van der Waals surface area contributed by atoms with E-state index in [-0.39, 0.29) is 11.5 Å². The van der Waals surface area contributed by atoms with Crippen LogP contribution in [0.5, 0.6) is 0 Å². The van der Waals surface area contributed by atoms with Gasteiger partial charge in [0.2, 0.25) is 0 Å². The minimum Gasteiger partial charge on any atom is -0.446 e. The Bertz CT molecular complexity index is 869. The van der Waals surface area contributed by atoms with Crippen molar-refractivity contribution in [3.63, 3.8) is 0 Å². The summed E-state index contributed by atoms with van der Waals surface area (Å²) < 4.78 is 17.9. The van der Waals surface area contributed by atoms with Gasteiger partial charge in [0.1, 0.15) is 12.4 Å². The summed E-state index contributed by atoms with van der Waals surface area (Å²) in [6, 6.07) is 16.3. The summed E-state index contributed by atoms with van der Waals surface area (Å²) in [5, 5.41) is 10.8. The summed E-state index contributed by atoms with van der Waals surface area (Å²) in [5.41, 5.74) is 2.00. The van der Waals surface area contributed by atoms with Crippen molar-refractivity contribution in [2.45, 2.75) is 51.1 Å². The predicted octanol–water partition coefficient (Wildman–Crippen LogP) is 5.93. The Morgan fingerprint density at radius 1 is 1.00 bits per heavy atom. The van der Waals surface area contributed by atoms with E-state index in [9.17, 15) is 10.1 Å². The van der Waals surface area contributed by atoms with Gasteiger partial charge in [0.05, 0.1) is 11.5 Å². The fraction of sp³-hybridized carbons (Fsp3) is 0.409. The van der Waals surface area contributed by atoms with Gasteiger partial charge < -0.3 is 13.8 Å². The molecule has 1 fully saturated rings. The van der Waals surface area contributed by atoms with Crippen molar-refractivity contribution in [1.29, 1.82) is 0 Å². The molecule has 0 radical (unpaired) electrons. The Kier molecular flexibility index (Phi) is 6.92. The predicted molar refractivity (Wildman–Crippen MR) is 115 cm³/mol. The van der Waals surface area contributed by atoms with Crippen LogP contribution in [0.15, 0.2) is 59.6 Å². The second-order valence-electron chi connectivity index (χ2n) is 7.55. The third-order valence-electron chi connectivity index (χ3n) is 5.40. The van der Waals surface area contributed by atoms with Gasteiger partial charge in [-0.2, -0.15) is 0 Å². The van der Waals surface area contributed by atoms with E-state index in [1.54, 1.807) is 12.1 Å². The molecule has 4 rings (SSSR count). The number of ether oxygens (including phenoxy) is 1. The fourth-order valence-corrected chi connectivity index (χ4v) is 5.43. The largest absolute Gasteiger partial charge is 0.446 e. The first-order chi connectivity index (χ1) is 14.7. The lowest BCUT2D eigenvalue weighted by Gasteiger charge is -2.27. The fourth-order valence-electron chi connectivity index (χ4n) is 3.76. The normalized spacial score (nSPS) is 21.7. The summed E-state index contributed by atoms with van der Waals surface area (Å²) in [5.74, 6) is 0.420. The lowest BCUT2D eigenvalue weighted by Crippen LogP contribution is -2.19. The first-order valence-corrected chi connectivity index (χ1v) is 11.5. The van der Waals surface area contributed by atoms with Crippen LogP contribution in [0, 0.1) is 16.0 Å². The molecule has 1 saturated carbocycles. The molecular weight excluding hydrogens is 403 g/mol. The molecule has 0 saturated heterocycles. The van der Waals surface area contributed by atoms with Gasteiger partial charge in [-0.1, -0.05) is 49.6 Å². The number of hydrogen-bond donors (Lipinski definition) is 0. The van der Waals surface area contributed by atoms with E-state index < -0.39 is 13.3 Å². The minimum atomic E-state index is -1.26. The van der Waals surface area contributed by atoms with E-state index in [4.69, 9.17) is 18.8 Å². The number of nitro benzene ring substituents is 1. The topological polar surface area (TPSA) is 83.2 Å². The Hall–Kier alpha value is -2.50. The number of nitro groups is 1. The lowest BCUT2D eigenvalue weighted by molar-refractivity contribution is -0.384. The van der Waals surface area contributed by atoms with E-state index in [2.05, 4.69) is 0 Å². The van der Waals surface area contributed by atoms with Crippen LogP contribution in [-0.2, 0) is 27.0 Å². The molecule has 2 unspecified atom stereocenters. The maximum absolute atomic E-state index is 10.8. The van der Waals surface area contributed by atoms with Crippen molar-refractivity contribution in [1.82, 2.24) is 0 Å². The molecule has 0 bridgehead atoms. The van der Waals surface area contributed by atoms with E-state index in [0.717, 1.165) is 24.0 Å². The molecule has 2 aromatic rings. The molecule has 0 N–H and O–H groups in total. The molecule has 1 aliphatic carbocycles. The minimum absolute atomic E-state index is 0.0240. The number of rotatable bonds is 7. The van der Waals surface area contributed by atoms with Gasteiger partial charge >= 0.3 is 6.08 Å². The third-order valence-corrected chi connectivity index (χ3v) is 7.09. The molecular formula is C22H25N2O5P. The molecule has 158 valence electrons. The van der Waals surface area contributed by atoms with Crippen molar-refractivity contribution in [3.8, 4) is 0 Å². The van der Waals surface area contributed by atoms with Gasteiger partial charge in [-0.3, -0.25) is 10.1 Å². The first kappa shape index (κ1) is 20.8. The van der Waals surface area contributed by atoms with Crippen molar-refractivity contribution in [3.05, 3.63) is 75.8 Å². The van der Waals surface area contributed by atoms with Crippen LogP contribution in [0.4, 0.5) is 5.69 Å². The highest BCUT2D eigenvalue weighted by Gasteiger charge is 2.40. The summed E-state index contributed by atoms with van der Waals surface area (Å²) in [6.45, 7) is 0.733. The number of benzene rings is 2. The Morgan fingerprint density at radius 2 is 1.70 bits per heavy atom. The molecule has 1 heterocycles. The lowest BCUT2D eigenvalue weighted by atomic mass is 9.89. The average Bonchev–Trinajstić information content (AvgIpc) is 3.21. The van der Waals surface area contributed by atoms with Crippen LogP contribution < -0.4 is 0 Å². The standard InChI is InChI=1S/C22H25N2O5P/c25-24(26)20-13-11-18(12-14-20)16-28-30-21(19-9-5-2-6-10-19)23-22(29-30)27-15-17-7-3-1-4-8-17/h1,3-4,7-8,11-14,19,21H,2,5-6,9-10,15-16H2. The second kappa shape index (κ2) is 10.0. The molecule has 2 aromatic carbocycles. The molecule has 30 heavy (non-hydrogen) atoms. The molecule has 1 aliphatic heterocycles. The monoisotopic (exact) mass is 428 g/mol. The second-order valence-corrected chi connectivity index (χ2v) is 9.10. The quantitative estimate of drug-likeness (QED) is 0.310. The zero-order valence-corrected chi connectivity index (χ0v) is 17.6.